The number of aliphatic hydroxyl groups is 1. The van der Waals surface area contributed by atoms with Crippen molar-refractivity contribution in [1.29, 1.82) is 0 Å². The van der Waals surface area contributed by atoms with Crippen LogP contribution in [-0.4, -0.2) is 43.7 Å². The van der Waals surface area contributed by atoms with E-state index in [2.05, 4.69) is 9.97 Å². The zero-order valence-corrected chi connectivity index (χ0v) is 22.2. The highest BCUT2D eigenvalue weighted by Gasteiger charge is 2.49. The van der Waals surface area contributed by atoms with E-state index in [0.29, 0.717) is 28.3 Å². The molecule has 1 atom stereocenters. The number of aromatic nitrogens is 3. The van der Waals surface area contributed by atoms with E-state index in [9.17, 15) is 19.5 Å². The first-order valence-corrected chi connectivity index (χ1v) is 13.1. The largest absolute Gasteiger partial charge is 0.505 e. The quantitative estimate of drug-likeness (QED) is 0.165. The SMILES string of the molecule is CCOC(=O)c1sc(N2C(=O)C(=O)/C(=C(/O)c3c(C)nc4ccccn34)C2c2ccc(CC)cc2)nc1C. The molecular formula is C28H26N4O5S. The number of benzene rings is 1. The summed E-state index contributed by atoms with van der Waals surface area (Å²) in [6.07, 6.45) is 2.55. The number of aryl methyl sites for hydroxylation is 3. The van der Waals surface area contributed by atoms with Crippen LogP contribution in [0.1, 0.15) is 57.8 Å². The fourth-order valence-corrected chi connectivity index (χ4v) is 5.67. The molecule has 1 amide bonds. The fraction of sp³-hybridized carbons (Fsp3) is 0.250. The molecule has 38 heavy (non-hydrogen) atoms. The number of anilines is 1. The van der Waals surface area contributed by atoms with E-state index in [1.807, 2.05) is 37.3 Å². The van der Waals surface area contributed by atoms with Gasteiger partial charge in [0, 0.05) is 6.20 Å². The van der Waals surface area contributed by atoms with Crippen molar-refractivity contribution in [3.05, 3.63) is 87.3 Å². The van der Waals surface area contributed by atoms with Gasteiger partial charge in [-0.05, 0) is 50.5 Å². The second-order valence-corrected chi connectivity index (χ2v) is 9.85. The highest BCUT2D eigenvalue weighted by molar-refractivity contribution is 7.17. The summed E-state index contributed by atoms with van der Waals surface area (Å²) in [4.78, 5) is 50.0. The summed E-state index contributed by atoms with van der Waals surface area (Å²) in [6, 6.07) is 12.0. The second-order valence-electron chi connectivity index (χ2n) is 8.87. The van der Waals surface area contributed by atoms with Gasteiger partial charge in [-0.15, -0.1) is 0 Å². The Hall–Kier alpha value is -4.31. The Kier molecular flexibility index (Phi) is 6.58. The summed E-state index contributed by atoms with van der Waals surface area (Å²) in [6.45, 7) is 7.31. The van der Waals surface area contributed by atoms with Crippen LogP contribution >= 0.6 is 11.3 Å². The summed E-state index contributed by atoms with van der Waals surface area (Å²) in [7, 11) is 0. The van der Waals surface area contributed by atoms with Crippen LogP contribution in [-0.2, 0) is 20.7 Å². The van der Waals surface area contributed by atoms with Crippen molar-refractivity contribution in [3.8, 4) is 0 Å². The summed E-state index contributed by atoms with van der Waals surface area (Å²) in [5, 5.41) is 11.8. The van der Waals surface area contributed by atoms with Crippen molar-refractivity contribution < 1.29 is 24.2 Å². The van der Waals surface area contributed by atoms with Crippen molar-refractivity contribution in [1.82, 2.24) is 14.4 Å². The molecular weight excluding hydrogens is 504 g/mol. The number of aliphatic hydroxyl groups excluding tert-OH is 1. The Morgan fingerprint density at radius 1 is 1.05 bits per heavy atom. The number of thiazole rings is 1. The number of nitrogens with zero attached hydrogens (tertiary/aromatic N) is 4. The van der Waals surface area contributed by atoms with Crippen LogP contribution in [0, 0.1) is 13.8 Å². The van der Waals surface area contributed by atoms with Crippen molar-refractivity contribution in [2.24, 2.45) is 0 Å². The topological polar surface area (TPSA) is 114 Å². The van der Waals surface area contributed by atoms with E-state index in [1.165, 1.54) is 4.90 Å². The predicted molar refractivity (Wildman–Crippen MR) is 143 cm³/mol. The minimum Gasteiger partial charge on any atom is -0.505 e. The summed E-state index contributed by atoms with van der Waals surface area (Å²) in [5.41, 5.74) is 3.46. The van der Waals surface area contributed by atoms with Gasteiger partial charge < -0.3 is 9.84 Å². The number of amides is 1. The van der Waals surface area contributed by atoms with Gasteiger partial charge in [-0.25, -0.2) is 14.8 Å². The number of hydrogen-bond acceptors (Lipinski definition) is 8. The molecule has 0 saturated carbocycles. The van der Waals surface area contributed by atoms with Gasteiger partial charge in [-0.3, -0.25) is 18.9 Å². The number of fused-ring (bicyclic) bond motifs is 1. The van der Waals surface area contributed by atoms with Gasteiger partial charge >= 0.3 is 11.9 Å². The number of carbonyl (C=O) groups excluding carboxylic acids is 3. The second kappa shape index (κ2) is 9.86. The zero-order valence-electron chi connectivity index (χ0n) is 21.4. The van der Waals surface area contributed by atoms with Gasteiger partial charge in [0.25, 0.3) is 5.78 Å². The van der Waals surface area contributed by atoms with Crippen molar-refractivity contribution in [2.45, 2.75) is 40.2 Å². The average molecular weight is 531 g/mol. The van der Waals surface area contributed by atoms with Crippen LogP contribution in [0.25, 0.3) is 11.4 Å². The third-order valence-corrected chi connectivity index (χ3v) is 7.67. The molecule has 1 fully saturated rings. The van der Waals surface area contributed by atoms with Gasteiger partial charge in [0.1, 0.15) is 16.2 Å². The zero-order chi connectivity index (χ0) is 27.1. The molecule has 5 rings (SSSR count). The molecule has 1 unspecified atom stereocenters. The standard InChI is InChI=1S/C28H26N4O5S/c1-5-17-10-12-18(13-11-17)22-20(23(33)21-15(3)29-19-9-7-8-14-31(19)21)24(34)26(35)32(22)28-30-16(4)25(38-28)27(36)37-6-2/h7-14,22,33H,5-6H2,1-4H3/b23-20+. The molecule has 1 aliphatic rings. The van der Waals surface area contributed by atoms with E-state index in [1.54, 1.807) is 43.5 Å². The lowest BCUT2D eigenvalue weighted by molar-refractivity contribution is -0.132. The summed E-state index contributed by atoms with van der Waals surface area (Å²) in [5.74, 6) is -2.56. The molecule has 0 spiro atoms. The summed E-state index contributed by atoms with van der Waals surface area (Å²) < 4.78 is 6.82. The third kappa shape index (κ3) is 4.06. The van der Waals surface area contributed by atoms with E-state index in [-0.39, 0.29) is 27.9 Å². The number of hydrogen-bond donors (Lipinski definition) is 1. The fourth-order valence-electron chi connectivity index (χ4n) is 4.68. The van der Waals surface area contributed by atoms with Gasteiger partial charge in [-0.1, -0.05) is 48.6 Å². The number of ketones is 1. The molecule has 4 heterocycles. The lowest BCUT2D eigenvalue weighted by atomic mass is 9.95. The number of imidazole rings is 1. The number of Topliss-reactive ketones (excluding diaryl/α,β-unsaturated/α-hetero) is 1. The van der Waals surface area contributed by atoms with Gasteiger partial charge in [0.2, 0.25) is 0 Å². The molecule has 0 bridgehead atoms. The first kappa shape index (κ1) is 25.3. The Bertz CT molecular complexity index is 1620. The minimum atomic E-state index is -0.963. The lowest BCUT2D eigenvalue weighted by Crippen LogP contribution is -2.29. The molecule has 1 aromatic carbocycles. The molecule has 10 heteroatoms. The monoisotopic (exact) mass is 530 g/mol. The average Bonchev–Trinajstić information content (AvgIpc) is 3.54. The molecule has 1 saturated heterocycles. The Morgan fingerprint density at radius 2 is 1.79 bits per heavy atom. The first-order chi connectivity index (χ1) is 18.3. The minimum absolute atomic E-state index is 0.0708. The highest BCUT2D eigenvalue weighted by atomic mass is 32.1. The molecule has 0 radical (unpaired) electrons. The number of pyridine rings is 1. The first-order valence-electron chi connectivity index (χ1n) is 12.2. The Morgan fingerprint density at radius 3 is 2.47 bits per heavy atom. The molecule has 9 nitrogen and oxygen atoms in total. The van der Waals surface area contributed by atoms with Crippen molar-refractivity contribution in [2.75, 3.05) is 11.5 Å². The highest BCUT2D eigenvalue weighted by Crippen LogP contribution is 2.44. The number of carbonyl (C=O) groups is 3. The number of esters is 1. The molecule has 1 aliphatic heterocycles. The van der Waals surface area contributed by atoms with Gasteiger partial charge in [-0.2, -0.15) is 0 Å². The lowest BCUT2D eigenvalue weighted by Gasteiger charge is -2.23. The third-order valence-electron chi connectivity index (χ3n) is 6.53. The van der Waals surface area contributed by atoms with Crippen LogP contribution in [0.3, 0.4) is 0 Å². The van der Waals surface area contributed by atoms with Crippen molar-refractivity contribution >= 4 is 45.5 Å². The molecule has 194 valence electrons. The van der Waals surface area contributed by atoms with Crippen LogP contribution in [0.2, 0.25) is 0 Å². The molecule has 0 aliphatic carbocycles. The Labute approximate surface area is 223 Å². The normalized spacial score (nSPS) is 16.9. The van der Waals surface area contributed by atoms with Crippen LogP contribution in [0.4, 0.5) is 5.13 Å². The summed E-state index contributed by atoms with van der Waals surface area (Å²) >= 11 is 0.979. The maximum atomic E-state index is 13.6. The van der Waals surface area contributed by atoms with Crippen LogP contribution < -0.4 is 4.90 Å². The van der Waals surface area contributed by atoms with E-state index < -0.39 is 23.7 Å². The number of ether oxygens (including phenoxy) is 1. The number of rotatable bonds is 6. The van der Waals surface area contributed by atoms with E-state index >= 15 is 0 Å². The van der Waals surface area contributed by atoms with Gasteiger partial charge in [0.15, 0.2) is 10.9 Å². The predicted octanol–water partition coefficient (Wildman–Crippen LogP) is 4.77. The van der Waals surface area contributed by atoms with Crippen molar-refractivity contribution in [3.63, 3.8) is 0 Å². The van der Waals surface area contributed by atoms with Crippen LogP contribution in [0.5, 0.6) is 0 Å². The van der Waals surface area contributed by atoms with Crippen LogP contribution in [0.15, 0.2) is 54.2 Å². The van der Waals surface area contributed by atoms with E-state index in [0.717, 1.165) is 23.3 Å². The molecule has 1 N–H and O–H groups in total. The maximum Gasteiger partial charge on any atom is 0.350 e. The maximum absolute atomic E-state index is 13.6. The molecule has 4 aromatic rings. The van der Waals surface area contributed by atoms with E-state index in [4.69, 9.17) is 4.74 Å². The molecule has 3 aromatic heterocycles. The smallest absolute Gasteiger partial charge is 0.350 e. The van der Waals surface area contributed by atoms with Gasteiger partial charge in [0.05, 0.1) is 29.6 Å². The Balaban J connectivity index is 1.73.